The number of aliphatic hydroxyl groups excluding tert-OH is 1. The van der Waals surface area contributed by atoms with Crippen molar-refractivity contribution in [3.63, 3.8) is 0 Å². The summed E-state index contributed by atoms with van der Waals surface area (Å²) in [4.78, 5) is 4.37. The van der Waals surface area contributed by atoms with Gasteiger partial charge in [0.15, 0.2) is 0 Å². The summed E-state index contributed by atoms with van der Waals surface area (Å²) in [7, 11) is 0. The predicted molar refractivity (Wildman–Crippen MR) is 74.0 cm³/mol. The zero-order valence-electron chi connectivity index (χ0n) is 10.3. The van der Waals surface area contributed by atoms with E-state index in [9.17, 15) is 5.11 Å². The van der Waals surface area contributed by atoms with Crippen LogP contribution in [-0.2, 0) is 6.42 Å². The van der Waals surface area contributed by atoms with Crippen molar-refractivity contribution in [3.8, 4) is 0 Å². The summed E-state index contributed by atoms with van der Waals surface area (Å²) in [5.74, 6) is 0. The summed E-state index contributed by atoms with van der Waals surface area (Å²) in [6.07, 6.45) is 1.42. The van der Waals surface area contributed by atoms with Crippen LogP contribution in [0, 0.1) is 6.92 Å². The van der Waals surface area contributed by atoms with E-state index in [0.717, 1.165) is 29.2 Å². The Labute approximate surface area is 111 Å². The molecule has 0 fully saturated rings. The van der Waals surface area contributed by atoms with E-state index in [1.165, 1.54) is 5.56 Å². The van der Waals surface area contributed by atoms with E-state index < -0.39 is 6.10 Å². The van der Waals surface area contributed by atoms with Gasteiger partial charge in [-0.3, -0.25) is 0 Å². The number of rotatable bonds is 2. The van der Waals surface area contributed by atoms with E-state index in [2.05, 4.69) is 28.5 Å². The first-order valence-electron chi connectivity index (χ1n) is 6.18. The third-order valence-electron chi connectivity index (χ3n) is 3.40. The van der Waals surface area contributed by atoms with Crippen molar-refractivity contribution in [2.24, 2.45) is 0 Å². The van der Waals surface area contributed by atoms with Crippen LogP contribution in [0.25, 0.3) is 0 Å². The van der Waals surface area contributed by atoms with Crippen LogP contribution < -0.4 is 5.32 Å². The molecule has 4 heteroatoms. The Balaban J connectivity index is 1.79. The fourth-order valence-electron chi connectivity index (χ4n) is 2.42. The lowest BCUT2D eigenvalue weighted by atomic mass is 9.94. The summed E-state index contributed by atoms with van der Waals surface area (Å²) < 4.78 is 0. The zero-order chi connectivity index (χ0) is 12.5. The first-order chi connectivity index (χ1) is 8.74. The quantitative estimate of drug-likeness (QED) is 0.872. The van der Waals surface area contributed by atoms with Gasteiger partial charge in [-0.1, -0.05) is 18.2 Å². The monoisotopic (exact) mass is 260 g/mol. The van der Waals surface area contributed by atoms with Gasteiger partial charge in [-0.05, 0) is 31.4 Å². The van der Waals surface area contributed by atoms with Crippen molar-refractivity contribution >= 4 is 17.0 Å². The molecule has 18 heavy (non-hydrogen) atoms. The van der Waals surface area contributed by atoms with Gasteiger partial charge in [0.05, 0.1) is 16.7 Å². The highest BCUT2D eigenvalue weighted by Gasteiger charge is 2.26. The minimum absolute atomic E-state index is 0.0569. The molecule has 0 amide bonds. The number of anilines is 1. The minimum atomic E-state index is -0.525. The van der Waals surface area contributed by atoms with Gasteiger partial charge in [-0.15, -0.1) is 11.3 Å². The molecule has 2 unspecified atom stereocenters. The van der Waals surface area contributed by atoms with E-state index in [0.29, 0.717) is 0 Å². The molecule has 0 saturated heterocycles. The summed E-state index contributed by atoms with van der Waals surface area (Å²) in [5.41, 5.74) is 3.25. The van der Waals surface area contributed by atoms with E-state index in [1.807, 2.05) is 18.4 Å². The number of aliphatic hydroxyl groups is 1. The van der Waals surface area contributed by atoms with Crippen LogP contribution in [0.4, 0.5) is 5.69 Å². The molecule has 0 aliphatic carbocycles. The van der Waals surface area contributed by atoms with Gasteiger partial charge in [0, 0.05) is 11.1 Å². The highest BCUT2D eigenvalue weighted by atomic mass is 32.1. The van der Waals surface area contributed by atoms with Gasteiger partial charge in [-0.2, -0.15) is 0 Å². The number of aromatic nitrogens is 1. The Morgan fingerprint density at radius 2 is 2.28 bits per heavy atom. The summed E-state index contributed by atoms with van der Waals surface area (Å²) in [5, 5.41) is 16.7. The lowest BCUT2D eigenvalue weighted by Crippen LogP contribution is -2.31. The van der Waals surface area contributed by atoms with E-state index >= 15 is 0 Å². The van der Waals surface area contributed by atoms with Crippen LogP contribution >= 0.6 is 11.3 Å². The van der Waals surface area contributed by atoms with Crippen molar-refractivity contribution in [3.05, 3.63) is 45.9 Å². The molecule has 3 nitrogen and oxygen atoms in total. The maximum Gasteiger partial charge on any atom is 0.117 e. The van der Waals surface area contributed by atoms with Crippen LogP contribution in [0.1, 0.15) is 28.8 Å². The van der Waals surface area contributed by atoms with E-state index in [-0.39, 0.29) is 6.04 Å². The largest absolute Gasteiger partial charge is 0.385 e. The number of fused-ring (bicyclic) bond motifs is 1. The van der Waals surface area contributed by atoms with Crippen LogP contribution in [0.15, 0.2) is 29.6 Å². The van der Waals surface area contributed by atoms with Crippen LogP contribution in [-0.4, -0.2) is 16.1 Å². The smallest absolute Gasteiger partial charge is 0.117 e. The summed E-state index contributed by atoms with van der Waals surface area (Å²) in [6.45, 7) is 1.96. The molecular formula is C14H16N2OS. The van der Waals surface area contributed by atoms with Crippen molar-refractivity contribution in [2.75, 3.05) is 5.32 Å². The average Bonchev–Trinajstić information content (AvgIpc) is 2.84. The summed E-state index contributed by atoms with van der Waals surface area (Å²) >= 11 is 1.58. The molecule has 2 aromatic rings. The third-order valence-corrected chi connectivity index (χ3v) is 4.20. The normalized spacial score (nSPS) is 20.0. The molecule has 0 saturated carbocycles. The molecule has 2 N–H and O–H groups in total. The van der Waals surface area contributed by atoms with Gasteiger partial charge in [0.2, 0.25) is 0 Å². The van der Waals surface area contributed by atoms with Crippen molar-refractivity contribution < 1.29 is 5.11 Å². The number of hydrogen-bond acceptors (Lipinski definition) is 4. The number of aryl methyl sites for hydroxylation is 2. The Morgan fingerprint density at radius 1 is 1.44 bits per heavy atom. The van der Waals surface area contributed by atoms with Gasteiger partial charge in [0.1, 0.15) is 6.10 Å². The number of benzene rings is 1. The second-order valence-electron chi connectivity index (χ2n) is 4.68. The molecule has 2 atom stereocenters. The topological polar surface area (TPSA) is 45.2 Å². The Morgan fingerprint density at radius 3 is 3.06 bits per heavy atom. The standard InChI is InChI=1S/C14H16N2OS/c1-9-15-13(8-18-9)14(17)12-7-6-10-4-2-3-5-11(10)16-12/h2-5,8,12,14,16-17H,6-7H2,1H3. The molecule has 1 aromatic heterocycles. The number of para-hydroxylation sites is 1. The maximum absolute atomic E-state index is 10.4. The first kappa shape index (κ1) is 11.7. The van der Waals surface area contributed by atoms with Gasteiger partial charge in [-0.25, -0.2) is 4.98 Å². The van der Waals surface area contributed by atoms with Gasteiger partial charge >= 0.3 is 0 Å². The molecule has 0 bridgehead atoms. The zero-order valence-corrected chi connectivity index (χ0v) is 11.1. The Hall–Kier alpha value is -1.39. The number of thiazole rings is 1. The van der Waals surface area contributed by atoms with Crippen LogP contribution in [0.3, 0.4) is 0 Å². The number of hydrogen-bond donors (Lipinski definition) is 2. The highest BCUT2D eigenvalue weighted by molar-refractivity contribution is 7.09. The Bertz CT molecular complexity index is 552. The fourth-order valence-corrected chi connectivity index (χ4v) is 3.06. The Kier molecular flexibility index (Phi) is 3.06. The number of nitrogens with zero attached hydrogens (tertiary/aromatic N) is 1. The van der Waals surface area contributed by atoms with Gasteiger partial charge < -0.3 is 10.4 Å². The molecule has 3 rings (SSSR count). The number of nitrogens with one attached hydrogen (secondary N) is 1. The summed E-state index contributed by atoms with van der Waals surface area (Å²) in [6, 6.07) is 8.34. The van der Waals surface area contributed by atoms with E-state index in [1.54, 1.807) is 11.3 Å². The minimum Gasteiger partial charge on any atom is -0.385 e. The van der Waals surface area contributed by atoms with Crippen molar-refractivity contribution in [1.29, 1.82) is 0 Å². The molecule has 2 heterocycles. The second-order valence-corrected chi connectivity index (χ2v) is 5.75. The molecule has 1 aliphatic heterocycles. The first-order valence-corrected chi connectivity index (χ1v) is 7.06. The van der Waals surface area contributed by atoms with E-state index in [4.69, 9.17) is 0 Å². The van der Waals surface area contributed by atoms with Crippen LogP contribution in [0.2, 0.25) is 0 Å². The molecule has 1 aromatic carbocycles. The molecule has 94 valence electrons. The molecule has 0 spiro atoms. The fraction of sp³-hybridized carbons (Fsp3) is 0.357. The van der Waals surface area contributed by atoms with Gasteiger partial charge in [0.25, 0.3) is 0 Å². The molecule has 1 aliphatic rings. The second kappa shape index (κ2) is 4.71. The van der Waals surface area contributed by atoms with Crippen molar-refractivity contribution in [2.45, 2.75) is 31.9 Å². The third kappa shape index (κ3) is 2.13. The molecular weight excluding hydrogens is 244 g/mol. The average molecular weight is 260 g/mol. The lowest BCUT2D eigenvalue weighted by molar-refractivity contribution is 0.145. The molecule has 0 radical (unpaired) electrons. The maximum atomic E-state index is 10.4. The van der Waals surface area contributed by atoms with Crippen LogP contribution in [0.5, 0.6) is 0 Å². The SMILES string of the molecule is Cc1nc(C(O)C2CCc3ccccc3N2)cs1. The highest BCUT2D eigenvalue weighted by Crippen LogP contribution is 2.30. The van der Waals surface area contributed by atoms with Crippen molar-refractivity contribution in [1.82, 2.24) is 4.98 Å². The lowest BCUT2D eigenvalue weighted by Gasteiger charge is -2.29. The predicted octanol–water partition coefficient (Wildman–Crippen LogP) is 2.91.